The largest absolute Gasteiger partial charge is 0.489 e. The lowest BCUT2D eigenvalue weighted by molar-refractivity contribution is -0.0549. The Kier molecular flexibility index (Phi) is 4.80. The van der Waals surface area contributed by atoms with E-state index in [4.69, 9.17) is 16.3 Å². The first-order valence-electron chi connectivity index (χ1n) is 6.80. The first kappa shape index (κ1) is 15.1. The van der Waals surface area contributed by atoms with Crippen molar-refractivity contribution in [3.8, 4) is 5.75 Å². The third-order valence-electron chi connectivity index (χ3n) is 3.98. The zero-order valence-corrected chi connectivity index (χ0v) is 14.0. The van der Waals surface area contributed by atoms with Crippen molar-refractivity contribution in [1.29, 1.82) is 0 Å². The molecule has 0 bridgehead atoms. The molecule has 2 atom stereocenters. The molecule has 0 saturated heterocycles. The van der Waals surface area contributed by atoms with Gasteiger partial charge in [0.1, 0.15) is 11.9 Å². The zero-order valence-electron chi connectivity index (χ0n) is 11.7. The average molecular weight is 347 g/mol. The second-order valence-electron chi connectivity index (χ2n) is 5.75. The molecule has 2 nitrogen and oxygen atoms in total. The third-order valence-corrected chi connectivity index (χ3v) is 4.84. The maximum atomic E-state index is 6.12. The summed E-state index contributed by atoms with van der Waals surface area (Å²) in [4.78, 5) is 0. The van der Waals surface area contributed by atoms with Crippen molar-refractivity contribution < 1.29 is 4.74 Å². The summed E-state index contributed by atoms with van der Waals surface area (Å²) in [6, 6.07) is 6.20. The molecule has 1 aliphatic carbocycles. The molecule has 0 aliphatic heterocycles. The SMILES string of the molecule is CCCNC1CC(Oc2ccc(Cl)cc2Br)C1(C)C. The summed E-state index contributed by atoms with van der Waals surface area (Å²) < 4.78 is 7.03. The predicted molar refractivity (Wildman–Crippen MR) is 84.0 cm³/mol. The highest BCUT2D eigenvalue weighted by atomic mass is 79.9. The van der Waals surface area contributed by atoms with Crippen LogP contribution in [0.25, 0.3) is 0 Å². The van der Waals surface area contributed by atoms with E-state index in [9.17, 15) is 0 Å². The molecule has 1 saturated carbocycles. The Balaban J connectivity index is 1.98. The van der Waals surface area contributed by atoms with Crippen molar-refractivity contribution in [3.05, 3.63) is 27.7 Å². The summed E-state index contributed by atoms with van der Waals surface area (Å²) in [6.07, 6.45) is 2.47. The minimum atomic E-state index is 0.161. The van der Waals surface area contributed by atoms with E-state index in [0.29, 0.717) is 6.04 Å². The van der Waals surface area contributed by atoms with Gasteiger partial charge in [0.15, 0.2) is 0 Å². The Morgan fingerprint density at radius 2 is 2.21 bits per heavy atom. The van der Waals surface area contributed by atoms with Gasteiger partial charge in [-0.3, -0.25) is 0 Å². The molecular formula is C15H21BrClNO. The van der Waals surface area contributed by atoms with Gasteiger partial charge < -0.3 is 10.1 Å². The van der Waals surface area contributed by atoms with E-state index in [-0.39, 0.29) is 11.5 Å². The monoisotopic (exact) mass is 345 g/mol. The molecule has 19 heavy (non-hydrogen) atoms. The molecule has 0 radical (unpaired) electrons. The normalized spacial score (nSPS) is 24.9. The highest BCUT2D eigenvalue weighted by Gasteiger charge is 2.49. The van der Waals surface area contributed by atoms with E-state index >= 15 is 0 Å². The first-order valence-corrected chi connectivity index (χ1v) is 7.97. The van der Waals surface area contributed by atoms with E-state index < -0.39 is 0 Å². The fourth-order valence-corrected chi connectivity index (χ4v) is 3.25. The van der Waals surface area contributed by atoms with E-state index in [1.165, 1.54) is 6.42 Å². The highest BCUT2D eigenvalue weighted by molar-refractivity contribution is 9.10. The molecule has 0 heterocycles. The molecule has 1 aromatic carbocycles. The fourth-order valence-electron chi connectivity index (χ4n) is 2.47. The topological polar surface area (TPSA) is 21.3 Å². The number of hydrogen-bond acceptors (Lipinski definition) is 2. The number of benzene rings is 1. The van der Waals surface area contributed by atoms with Crippen LogP contribution in [-0.4, -0.2) is 18.7 Å². The number of halogens is 2. The summed E-state index contributed by atoms with van der Waals surface area (Å²) in [5, 5.41) is 4.30. The van der Waals surface area contributed by atoms with Gasteiger partial charge in [0.05, 0.1) is 4.47 Å². The molecule has 4 heteroatoms. The van der Waals surface area contributed by atoms with Gasteiger partial charge in [-0.1, -0.05) is 32.4 Å². The number of ether oxygens (including phenoxy) is 1. The van der Waals surface area contributed by atoms with Crippen LogP contribution in [0, 0.1) is 5.41 Å². The van der Waals surface area contributed by atoms with E-state index in [2.05, 4.69) is 42.0 Å². The van der Waals surface area contributed by atoms with Gasteiger partial charge in [-0.05, 0) is 47.1 Å². The van der Waals surface area contributed by atoms with Crippen LogP contribution in [0.1, 0.15) is 33.6 Å². The molecule has 0 aromatic heterocycles. The molecular weight excluding hydrogens is 326 g/mol. The molecule has 1 N–H and O–H groups in total. The molecule has 1 fully saturated rings. The van der Waals surface area contributed by atoms with Crippen LogP contribution in [0.5, 0.6) is 5.75 Å². The van der Waals surface area contributed by atoms with Crippen LogP contribution in [-0.2, 0) is 0 Å². The number of nitrogens with one attached hydrogen (secondary N) is 1. The maximum Gasteiger partial charge on any atom is 0.134 e. The van der Waals surface area contributed by atoms with Crippen LogP contribution in [0.15, 0.2) is 22.7 Å². The summed E-state index contributed by atoms with van der Waals surface area (Å²) in [7, 11) is 0. The summed E-state index contributed by atoms with van der Waals surface area (Å²) in [5.74, 6) is 0.872. The fraction of sp³-hybridized carbons (Fsp3) is 0.600. The Hall–Kier alpha value is -0.250. The Bertz CT molecular complexity index is 450. The lowest BCUT2D eigenvalue weighted by Gasteiger charge is -2.51. The zero-order chi connectivity index (χ0) is 14.0. The number of rotatable bonds is 5. The molecule has 1 aromatic rings. The van der Waals surface area contributed by atoms with Crippen LogP contribution >= 0.6 is 27.5 Å². The molecule has 2 rings (SSSR count). The first-order chi connectivity index (χ1) is 8.95. The van der Waals surface area contributed by atoms with Gasteiger partial charge in [0.25, 0.3) is 0 Å². The van der Waals surface area contributed by atoms with Crippen molar-refractivity contribution in [2.45, 2.75) is 45.8 Å². The predicted octanol–water partition coefficient (Wildman–Crippen LogP) is 4.65. The second kappa shape index (κ2) is 6.02. The Labute approximate surface area is 129 Å². The van der Waals surface area contributed by atoms with Crippen molar-refractivity contribution >= 4 is 27.5 Å². The molecule has 106 valence electrons. The second-order valence-corrected chi connectivity index (χ2v) is 7.04. The van der Waals surface area contributed by atoms with Crippen molar-refractivity contribution in [2.75, 3.05) is 6.54 Å². The van der Waals surface area contributed by atoms with Gasteiger partial charge in [-0.15, -0.1) is 0 Å². The van der Waals surface area contributed by atoms with Crippen molar-refractivity contribution in [2.24, 2.45) is 5.41 Å². The van der Waals surface area contributed by atoms with Gasteiger partial charge >= 0.3 is 0 Å². The Morgan fingerprint density at radius 3 is 2.79 bits per heavy atom. The van der Waals surface area contributed by atoms with E-state index in [0.717, 1.165) is 28.2 Å². The van der Waals surface area contributed by atoms with Crippen LogP contribution in [0.2, 0.25) is 5.02 Å². The van der Waals surface area contributed by atoms with Crippen LogP contribution in [0.3, 0.4) is 0 Å². The molecule has 2 unspecified atom stereocenters. The molecule has 0 amide bonds. The summed E-state index contributed by atoms with van der Waals surface area (Å²) in [6.45, 7) is 7.79. The average Bonchev–Trinajstić information content (AvgIpc) is 2.35. The quantitative estimate of drug-likeness (QED) is 0.838. The smallest absolute Gasteiger partial charge is 0.134 e. The molecule has 0 spiro atoms. The van der Waals surface area contributed by atoms with Gasteiger partial charge in [0, 0.05) is 22.9 Å². The lowest BCUT2D eigenvalue weighted by Crippen LogP contribution is -2.62. The van der Waals surface area contributed by atoms with Crippen molar-refractivity contribution in [1.82, 2.24) is 5.32 Å². The van der Waals surface area contributed by atoms with Crippen molar-refractivity contribution in [3.63, 3.8) is 0 Å². The van der Waals surface area contributed by atoms with Gasteiger partial charge in [-0.2, -0.15) is 0 Å². The summed E-state index contributed by atoms with van der Waals surface area (Å²) in [5.41, 5.74) is 0.161. The standard InChI is InChI=1S/C15H21BrClNO/c1-4-7-18-13-9-14(15(13,2)3)19-12-6-5-10(17)8-11(12)16/h5-6,8,13-14,18H,4,7,9H2,1-3H3. The van der Waals surface area contributed by atoms with Gasteiger partial charge in [0.2, 0.25) is 0 Å². The number of hydrogen-bond donors (Lipinski definition) is 1. The highest BCUT2D eigenvalue weighted by Crippen LogP contribution is 2.44. The third kappa shape index (κ3) is 3.26. The Morgan fingerprint density at radius 1 is 1.47 bits per heavy atom. The minimum Gasteiger partial charge on any atom is -0.489 e. The van der Waals surface area contributed by atoms with E-state index in [1.54, 1.807) is 0 Å². The summed E-state index contributed by atoms with van der Waals surface area (Å²) >= 11 is 9.44. The van der Waals surface area contributed by atoms with Crippen LogP contribution < -0.4 is 10.1 Å². The lowest BCUT2D eigenvalue weighted by atomic mass is 9.64. The maximum absolute atomic E-state index is 6.12. The van der Waals surface area contributed by atoms with E-state index in [1.807, 2.05) is 18.2 Å². The van der Waals surface area contributed by atoms with Gasteiger partial charge in [-0.25, -0.2) is 0 Å². The molecule has 1 aliphatic rings. The van der Waals surface area contributed by atoms with Crippen LogP contribution in [0.4, 0.5) is 0 Å². The minimum absolute atomic E-state index is 0.161.